The number of carbonyl (C=O) groups is 2. The molecule has 4 fully saturated rings. The number of rotatable bonds is 12. The molecule has 0 bridgehead atoms. The predicted octanol–water partition coefficient (Wildman–Crippen LogP) is 6.30. The molecule has 17 nitrogen and oxygen atoms in total. The van der Waals surface area contributed by atoms with Crippen molar-refractivity contribution in [3.8, 4) is 5.82 Å². The van der Waals surface area contributed by atoms with Crippen LogP contribution in [0.2, 0.25) is 0 Å². The number of benzene rings is 2. The fraction of sp³-hybridized carbons (Fsp3) is 0.442. The van der Waals surface area contributed by atoms with E-state index in [-0.39, 0.29) is 23.9 Å². The molecule has 1 saturated carbocycles. The molecule has 3 N–H and O–H groups in total. The summed E-state index contributed by atoms with van der Waals surface area (Å²) in [5.74, 6) is 0.548. The van der Waals surface area contributed by atoms with Gasteiger partial charge in [-0.3, -0.25) is 24.6 Å². The maximum atomic E-state index is 13.6. The third kappa shape index (κ3) is 7.70. The Morgan fingerprint density at radius 3 is 2.49 bits per heavy atom. The van der Waals surface area contributed by atoms with Crippen LogP contribution in [-0.2, 0) is 28.2 Å². The van der Waals surface area contributed by atoms with Gasteiger partial charge in [0.15, 0.2) is 17.0 Å². The first-order valence-corrected chi connectivity index (χ1v) is 24.8. The molecule has 17 heteroatoms. The second-order valence-electron chi connectivity index (χ2n) is 19.9. The molecule has 5 aromatic heterocycles. The van der Waals surface area contributed by atoms with Crippen LogP contribution >= 0.6 is 0 Å². The van der Waals surface area contributed by atoms with E-state index in [9.17, 15) is 19.5 Å². The Kier molecular flexibility index (Phi) is 11.0. The van der Waals surface area contributed by atoms with E-state index in [2.05, 4.69) is 89.2 Å². The van der Waals surface area contributed by atoms with E-state index in [0.717, 1.165) is 92.6 Å². The topological polar surface area (TPSA) is 185 Å². The quantitative estimate of drug-likeness (QED) is 0.0917. The molecule has 8 heterocycles. The molecule has 1 unspecified atom stereocenters. The number of hydrogen-bond acceptors (Lipinski definition) is 13. The number of nitrogens with zero attached hydrogens (tertiary/aromatic N) is 10. The number of aliphatic hydroxyl groups is 1. The number of imide groups is 1. The number of pyridine rings is 1. The van der Waals surface area contributed by atoms with Crippen LogP contribution in [0.15, 0.2) is 89.0 Å². The lowest BCUT2D eigenvalue weighted by molar-refractivity contribution is -0.134. The van der Waals surface area contributed by atoms with E-state index in [1.807, 2.05) is 25.1 Å². The van der Waals surface area contributed by atoms with E-state index in [0.29, 0.717) is 83.5 Å². The van der Waals surface area contributed by atoms with Crippen LogP contribution in [0.3, 0.4) is 0 Å². The summed E-state index contributed by atoms with van der Waals surface area (Å²) in [7, 11) is 0. The minimum absolute atomic E-state index is 0.232. The first-order chi connectivity index (χ1) is 33.6. The van der Waals surface area contributed by atoms with E-state index in [1.54, 1.807) is 21.6 Å². The third-order valence-corrected chi connectivity index (χ3v) is 15.9. The molecular formula is C52H58N12O5. The lowest BCUT2D eigenvalue weighted by atomic mass is 9.79. The lowest BCUT2D eigenvalue weighted by Gasteiger charge is -2.45. The van der Waals surface area contributed by atoms with Gasteiger partial charge < -0.3 is 29.3 Å². The van der Waals surface area contributed by atoms with Gasteiger partial charge in [-0.1, -0.05) is 24.2 Å². The van der Waals surface area contributed by atoms with Gasteiger partial charge in [0.1, 0.15) is 16.7 Å². The number of fused-ring (bicyclic) bond motifs is 5. The smallest absolute Gasteiger partial charge is 0.278 e. The Hall–Kier alpha value is -6.69. The second-order valence-corrected chi connectivity index (χ2v) is 19.9. The van der Waals surface area contributed by atoms with Crippen molar-refractivity contribution in [3.05, 3.63) is 107 Å². The van der Waals surface area contributed by atoms with Crippen LogP contribution in [0, 0.1) is 5.92 Å². The normalized spacial score (nSPS) is 23.7. The van der Waals surface area contributed by atoms with Crippen molar-refractivity contribution in [1.82, 2.24) is 49.2 Å². The minimum atomic E-state index is -0.990. The maximum absolute atomic E-state index is 13.6. The number of piperazine rings is 1. The van der Waals surface area contributed by atoms with Crippen molar-refractivity contribution in [2.24, 2.45) is 5.92 Å². The number of amides is 2. The van der Waals surface area contributed by atoms with E-state index in [1.165, 1.54) is 18.5 Å². The highest BCUT2D eigenvalue weighted by atomic mass is 16.5. The van der Waals surface area contributed by atoms with Crippen LogP contribution in [0.25, 0.3) is 38.7 Å². The summed E-state index contributed by atoms with van der Waals surface area (Å²) >= 11 is 0. The van der Waals surface area contributed by atoms with Gasteiger partial charge >= 0.3 is 0 Å². The standard InChI is InChI=1S/C52H58N12O5/c1-3-20-63-50(67)40-30-53-51(57-48(40)64(63)43-13-5-33-15-19-52(68,4-2)47(33)55-43)54-34-6-8-35(9-7-34)60-24-26-61(27-25-60)36-16-21-59(22-17-36)31-32-28-37(29-32)62-23-18-38-41(62)11-12-42-45(38)46(58-69-42)39-10-14-44(65)56-49(39)66/h3,5-9,11-13,18,23,30,32,36-37,39,68H,1,4,10,14-17,19-22,24-29,31H2,2H3,(H,53,54,57)(H,56,65,66)/t32?,37?,39?,52-/m1/s1. The molecule has 2 atom stereocenters. The van der Waals surface area contributed by atoms with Gasteiger partial charge in [-0.2, -0.15) is 4.98 Å². The Morgan fingerprint density at radius 1 is 0.913 bits per heavy atom. The van der Waals surface area contributed by atoms with Crippen molar-refractivity contribution in [2.45, 2.75) is 94.9 Å². The molecule has 5 aliphatic rings. The molecule has 0 spiro atoms. The fourth-order valence-electron chi connectivity index (χ4n) is 12.0. The average Bonchev–Trinajstić information content (AvgIpc) is 4.13. The Labute approximate surface area is 398 Å². The van der Waals surface area contributed by atoms with Gasteiger partial charge in [-0.05, 0) is 124 Å². The zero-order chi connectivity index (χ0) is 47.0. The van der Waals surface area contributed by atoms with Crippen molar-refractivity contribution in [3.63, 3.8) is 0 Å². The zero-order valence-electron chi connectivity index (χ0n) is 39.0. The van der Waals surface area contributed by atoms with Gasteiger partial charge in [0.25, 0.3) is 5.56 Å². The van der Waals surface area contributed by atoms with Gasteiger partial charge in [0, 0.05) is 85.9 Å². The van der Waals surface area contributed by atoms with Crippen molar-refractivity contribution >= 4 is 62.0 Å². The van der Waals surface area contributed by atoms with Gasteiger partial charge in [0.2, 0.25) is 17.8 Å². The Morgan fingerprint density at radius 2 is 1.72 bits per heavy atom. The first kappa shape index (κ1) is 43.6. The third-order valence-electron chi connectivity index (χ3n) is 15.9. The number of nitrogens with one attached hydrogen (secondary N) is 2. The van der Waals surface area contributed by atoms with E-state index < -0.39 is 11.5 Å². The molecular weight excluding hydrogens is 873 g/mol. The first-order valence-electron chi connectivity index (χ1n) is 24.8. The number of anilines is 3. The number of aryl methyl sites for hydroxylation is 1. The molecule has 3 saturated heterocycles. The molecule has 12 rings (SSSR count). The molecule has 2 aromatic carbocycles. The van der Waals surface area contributed by atoms with Crippen LogP contribution in [-0.4, -0.2) is 113 Å². The van der Waals surface area contributed by atoms with Crippen molar-refractivity contribution in [2.75, 3.05) is 56.0 Å². The van der Waals surface area contributed by atoms with Crippen LogP contribution in [0.5, 0.6) is 0 Å². The monoisotopic (exact) mass is 930 g/mol. The summed E-state index contributed by atoms with van der Waals surface area (Å²) in [6, 6.07) is 19.5. The number of piperidine rings is 2. The number of aromatic nitrogens is 7. The maximum Gasteiger partial charge on any atom is 0.278 e. The second kappa shape index (κ2) is 17.4. The summed E-state index contributed by atoms with van der Waals surface area (Å²) in [5, 5.41) is 23.8. The van der Waals surface area contributed by atoms with Crippen LogP contribution < -0.4 is 21.1 Å². The Bertz CT molecular complexity index is 3190. The molecule has 3 aliphatic heterocycles. The summed E-state index contributed by atoms with van der Waals surface area (Å²) in [5.41, 5.74) is 5.37. The molecule has 7 aromatic rings. The van der Waals surface area contributed by atoms with Crippen LogP contribution in [0.1, 0.15) is 87.2 Å². The summed E-state index contributed by atoms with van der Waals surface area (Å²) in [6.45, 7) is 13.6. The van der Waals surface area contributed by atoms with Crippen molar-refractivity contribution < 1.29 is 19.2 Å². The lowest BCUT2D eigenvalue weighted by Crippen LogP contribution is -2.53. The largest absolute Gasteiger partial charge is 0.384 e. The van der Waals surface area contributed by atoms with Gasteiger partial charge in [-0.25, -0.2) is 19.3 Å². The number of likely N-dealkylation sites (tertiary alicyclic amines) is 1. The van der Waals surface area contributed by atoms with Gasteiger partial charge in [0.05, 0.1) is 23.5 Å². The van der Waals surface area contributed by atoms with Crippen molar-refractivity contribution in [1.29, 1.82) is 0 Å². The summed E-state index contributed by atoms with van der Waals surface area (Å²) in [6.07, 6.45) is 12.8. The number of carbonyl (C=O) groups excluding carboxylic acids is 2. The minimum Gasteiger partial charge on any atom is -0.384 e. The Balaban J connectivity index is 0.631. The highest BCUT2D eigenvalue weighted by Crippen LogP contribution is 2.43. The molecule has 0 radical (unpaired) electrons. The highest BCUT2D eigenvalue weighted by molar-refractivity contribution is 6.09. The average molecular weight is 931 g/mol. The molecule has 356 valence electrons. The summed E-state index contributed by atoms with van der Waals surface area (Å²) in [4.78, 5) is 60.2. The fourth-order valence-corrected chi connectivity index (χ4v) is 12.0. The number of allylic oxidation sites excluding steroid dienone is 1. The summed E-state index contributed by atoms with van der Waals surface area (Å²) < 4.78 is 11.3. The molecule has 2 aliphatic carbocycles. The number of hydrogen-bond donors (Lipinski definition) is 3. The molecule has 2 amide bonds. The highest BCUT2D eigenvalue weighted by Gasteiger charge is 2.38. The van der Waals surface area contributed by atoms with Gasteiger partial charge in [-0.15, -0.1) is 6.58 Å². The zero-order valence-corrected chi connectivity index (χ0v) is 39.0. The molecule has 69 heavy (non-hydrogen) atoms. The van der Waals surface area contributed by atoms with Crippen LogP contribution in [0.4, 0.5) is 17.3 Å². The van der Waals surface area contributed by atoms with E-state index >= 15 is 0 Å². The van der Waals surface area contributed by atoms with E-state index in [4.69, 9.17) is 14.5 Å². The predicted molar refractivity (Wildman–Crippen MR) is 263 cm³/mol. The SMILES string of the molecule is C=CCn1c(=O)c2cnc(Nc3ccc(N4CCN(C5CCN(CC6CC(n7ccc8c9c(C%10CCC(=O)NC%10=O)noc9ccc87)C6)CC5)CC4)cc3)nc2n1-c1ccc2c(n1)[C@@](O)(CC)CC2.